The summed E-state index contributed by atoms with van der Waals surface area (Å²) in [4.78, 5) is 23.9. The molecule has 0 atom stereocenters. The highest BCUT2D eigenvalue weighted by Gasteiger charge is 2.14. The van der Waals surface area contributed by atoms with Crippen molar-refractivity contribution >= 4 is 43.5 Å². The molecule has 2 aromatic rings. The van der Waals surface area contributed by atoms with Gasteiger partial charge in [0.1, 0.15) is 0 Å². The van der Waals surface area contributed by atoms with Crippen LogP contribution in [0.25, 0.3) is 0 Å². The summed E-state index contributed by atoms with van der Waals surface area (Å²) >= 11 is 3.25. The lowest BCUT2D eigenvalue weighted by Crippen LogP contribution is -2.30. The van der Waals surface area contributed by atoms with Gasteiger partial charge in [0.2, 0.25) is 21.8 Å². The number of nitrogens with one attached hydrogen (secondary N) is 3. The Morgan fingerprint density at radius 2 is 1.76 bits per heavy atom. The lowest BCUT2D eigenvalue weighted by molar-refractivity contribution is -0.121. The monoisotopic (exact) mass is 481 g/mol. The number of benzene rings is 2. The maximum Gasteiger partial charge on any atom is 0.240 e. The fraction of sp³-hybridized carbons (Fsp3) is 0.300. The summed E-state index contributed by atoms with van der Waals surface area (Å²) in [6.07, 6.45) is 0.0134. The molecule has 0 heterocycles. The van der Waals surface area contributed by atoms with Crippen LogP contribution in [0.1, 0.15) is 25.8 Å². The van der Waals surface area contributed by atoms with E-state index >= 15 is 0 Å². The summed E-state index contributed by atoms with van der Waals surface area (Å²) in [5.74, 6) is -0.482. The number of carbonyl (C=O) groups excluding carboxylic acids is 2. The van der Waals surface area contributed by atoms with Gasteiger partial charge in [-0.1, -0.05) is 41.9 Å². The molecule has 0 aliphatic rings. The normalized spacial score (nSPS) is 11.3. The number of amides is 2. The Balaban J connectivity index is 1.80. The fourth-order valence-corrected chi connectivity index (χ4v) is 3.63. The molecule has 0 aliphatic carbocycles. The van der Waals surface area contributed by atoms with Crippen LogP contribution in [0.4, 0.5) is 5.69 Å². The van der Waals surface area contributed by atoms with Gasteiger partial charge in [0.25, 0.3) is 0 Å². The lowest BCUT2D eigenvalue weighted by Gasteiger charge is -2.10. The van der Waals surface area contributed by atoms with Crippen LogP contribution in [0.3, 0.4) is 0 Å². The minimum Gasteiger partial charge on any atom is -0.352 e. The van der Waals surface area contributed by atoms with Crippen molar-refractivity contribution in [2.24, 2.45) is 5.92 Å². The third-order valence-corrected chi connectivity index (χ3v) is 5.98. The van der Waals surface area contributed by atoms with Crippen molar-refractivity contribution < 1.29 is 18.0 Å². The molecular weight excluding hydrogens is 458 g/mol. The minimum atomic E-state index is -3.66. The second kappa shape index (κ2) is 10.5. The first-order valence-corrected chi connectivity index (χ1v) is 11.4. The average Bonchev–Trinajstić information content (AvgIpc) is 2.67. The molecule has 0 saturated carbocycles. The first-order valence-electron chi connectivity index (χ1n) is 9.09. The van der Waals surface area contributed by atoms with Crippen molar-refractivity contribution in [2.75, 3.05) is 11.9 Å². The summed E-state index contributed by atoms with van der Waals surface area (Å²) in [5, 5.41) is 5.55. The highest BCUT2D eigenvalue weighted by Crippen LogP contribution is 2.14. The van der Waals surface area contributed by atoms with Crippen LogP contribution in [0.15, 0.2) is 57.9 Å². The van der Waals surface area contributed by atoms with Crippen molar-refractivity contribution in [3.8, 4) is 0 Å². The number of sulfonamides is 1. The Morgan fingerprint density at radius 3 is 2.41 bits per heavy atom. The van der Waals surface area contributed by atoms with Gasteiger partial charge in [0, 0.05) is 35.6 Å². The second-order valence-corrected chi connectivity index (χ2v) is 9.41. The Bertz CT molecular complexity index is 960. The van der Waals surface area contributed by atoms with E-state index < -0.39 is 10.0 Å². The molecule has 0 aromatic heterocycles. The molecule has 0 bridgehead atoms. The Labute approximate surface area is 179 Å². The average molecular weight is 482 g/mol. The molecule has 0 radical (unpaired) electrons. The van der Waals surface area contributed by atoms with Gasteiger partial charge in [-0.15, -0.1) is 0 Å². The second-order valence-electron chi connectivity index (χ2n) is 6.72. The summed E-state index contributed by atoms with van der Waals surface area (Å²) < 4.78 is 27.6. The van der Waals surface area contributed by atoms with Crippen LogP contribution in [0, 0.1) is 5.92 Å². The number of hydrogen-bond acceptors (Lipinski definition) is 4. The summed E-state index contributed by atoms with van der Waals surface area (Å²) in [7, 11) is -3.66. The largest absolute Gasteiger partial charge is 0.352 e. The summed E-state index contributed by atoms with van der Waals surface area (Å²) in [5.41, 5.74) is 1.49. The third kappa shape index (κ3) is 7.60. The maximum absolute atomic E-state index is 12.2. The Kier molecular flexibility index (Phi) is 8.36. The van der Waals surface area contributed by atoms with E-state index in [4.69, 9.17) is 0 Å². The van der Waals surface area contributed by atoms with Crippen molar-refractivity contribution in [1.82, 2.24) is 10.0 Å². The van der Waals surface area contributed by atoms with Gasteiger partial charge in [-0.2, -0.15) is 0 Å². The van der Waals surface area contributed by atoms with Crippen LogP contribution in [-0.2, 0) is 26.2 Å². The number of hydrogen-bond donors (Lipinski definition) is 3. The Morgan fingerprint density at radius 1 is 1.07 bits per heavy atom. The van der Waals surface area contributed by atoms with Crippen LogP contribution < -0.4 is 15.4 Å². The molecule has 2 amide bonds. The van der Waals surface area contributed by atoms with Crippen molar-refractivity contribution in [1.29, 1.82) is 0 Å². The highest BCUT2D eigenvalue weighted by molar-refractivity contribution is 9.10. The molecule has 7 nitrogen and oxygen atoms in total. The van der Waals surface area contributed by atoms with Crippen LogP contribution in [0.2, 0.25) is 0 Å². The van der Waals surface area contributed by atoms with Crippen LogP contribution in [-0.4, -0.2) is 26.8 Å². The molecule has 0 unspecified atom stereocenters. The molecule has 0 aliphatic heterocycles. The van der Waals surface area contributed by atoms with E-state index in [1.807, 2.05) is 19.9 Å². The van der Waals surface area contributed by atoms with Gasteiger partial charge in [-0.25, -0.2) is 13.1 Å². The van der Waals surface area contributed by atoms with E-state index in [0.29, 0.717) is 5.69 Å². The van der Waals surface area contributed by atoms with Crippen LogP contribution >= 0.6 is 15.9 Å². The predicted molar refractivity (Wildman–Crippen MR) is 116 cm³/mol. The molecular formula is C20H24BrN3O4S. The van der Waals surface area contributed by atoms with E-state index in [1.54, 1.807) is 30.3 Å². The van der Waals surface area contributed by atoms with E-state index in [2.05, 4.69) is 31.3 Å². The van der Waals surface area contributed by atoms with E-state index in [9.17, 15) is 18.0 Å². The molecule has 29 heavy (non-hydrogen) atoms. The predicted octanol–water partition coefficient (Wildman–Crippen LogP) is 3.03. The number of carbonyl (C=O) groups is 2. The van der Waals surface area contributed by atoms with Gasteiger partial charge in [0.15, 0.2) is 0 Å². The molecule has 156 valence electrons. The van der Waals surface area contributed by atoms with Gasteiger partial charge < -0.3 is 10.6 Å². The number of anilines is 1. The van der Waals surface area contributed by atoms with E-state index in [0.717, 1.165) is 10.0 Å². The van der Waals surface area contributed by atoms with E-state index in [1.165, 1.54) is 12.1 Å². The molecule has 2 rings (SSSR count). The quantitative estimate of drug-likeness (QED) is 0.511. The zero-order valence-corrected chi connectivity index (χ0v) is 18.6. The number of rotatable bonds is 9. The SMILES string of the molecule is CC(C)C(=O)Nc1cccc(CNC(=O)CCNS(=O)(=O)c2ccc(Br)cc2)c1. The maximum atomic E-state index is 12.2. The summed E-state index contributed by atoms with van der Waals surface area (Å²) in [6, 6.07) is 13.4. The molecule has 9 heteroatoms. The molecule has 0 saturated heterocycles. The van der Waals surface area contributed by atoms with E-state index in [-0.39, 0.29) is 42.1 Å². The molecule has 0 fully saturated rings. The highest BCUT2D eigenvalue weighted by atomic mass is 79.9. The molecule has 0 spiro atoms. The standard InChI is InChI=1S/C20H24BrN3O4S/c1-14(2)20(26)24-17-5-3-4-15(12-17)13-22-19(25)10-11-23-29(27,28)18-8-6-16(21)7-9-18/h3-9,12,14,23H,10-11,13H2,1-2H3,(H,22,25)(H,24,26). The fourth-order valence-electron chi connectivity index (χ4n) is 2.33. The Hall–Kier alpha value is -2.23. The van der Waals surface area contributed by atoms with Crippen molar-refractivity contribution in [3.05, 3.63) is 58.6 Å². The smallest absolute Gasteiger partial charge is 0.240 e. The molecule has 3 N–H and O–H groups in total. The topological polar surface area (TPSA) is 104 Å². The van der Waals surface area contributed by atoms with Crippen LogP contribution in [0.5, 0.6) is 0 Å². The lowest BCUT2D eigenvalue weighted by atomic mass is 10.1. The van der Waals surface area contributed by atoms with Gasteiger partial charge in [-0.3, -0.25) is 9.59 Å². The van der Waals surface area contributed by atoms with Gasteiger partial charge >= 0.3 is 0 Å². The molecule has 2 aromatic carbocycles. The first-order chi connectivity index (χ1) is 13.7. The zero-order valence-electron chi connectivity index (χ0n) is 16.2. The van der Waals surface area contributed by atoms with Crippen molar-refractivity contribution in [3.63, 3.8) is 0 Å². The third-order valence-electron chi connectivity index (χ3n) is 3.98. The number of halogens is 1. The summed E-state index contributed by atoms with van der Waals surface area (Å²) in [6.45, 7) is 3.90. The minimum absolute atomic E-state index is 0.00524. The van der Waals surface area contributed by atoms with Gasteiger partial charge in [0.05, 0.1) is 4.90 Å². The van der Waals surface area contributed by atoms with Crippen molar-refractivity contribution in [2.45, 2.75) is 31.7 Å². The zero-order chi connectivity index (χ0) is 21.4. The first kappa shape index (κ1) is 23.1. The van der Waals surface area contributed by atoms with Gasteiger partial charge in [-0.05, 0) is 42.0 Å².